The fourth-order valence-electron chi connectivity index (χ4n) is 1.62. The van der Waals surface area contributed by atoms with Gasteiger partial charge in [0.2, 0.25) is 0 Å². The molecule has 110 valence electrons. The number of aliphatic carboxylic acids is 1. The Hall–Kier alpha value is -0.610. The first-order valence-corrected chi connectivity index (χ1v) is 7.26. The van der Waals surface area contributed by atoms with E-state index < -0.39 is 5.97 Å². The van der Waals surface area contributed by atoms with Crippen molar-refractivity contribution in [3.8, 4) is 0 Å². The highest BCUT2D eigenvalue weighted by molar-refractivity contribution is 5.66. The van der Waals surface area contributed by atoms with Gasteiger partial charge in [0.1, 0.15) is 0 Å². The summed E-state index contributed by atoms with van der Waals surface area (Å²) in [4.78, 5) is 12.4. The highest BCUT2D eigenvalue weighted by Crippen LogP contribution is 2.04. The van der Waals surface area contributed by atoms with E-state index in [-0.39, 0.29) is 0 Å². The SMILES string of the molecule is CCN(CC)CC.NCCCCCCCC(=O)O. The van der Waals surface area contributed by atoms with Crippen LogP contribution in [0.3, 0.4) is 0 Å². The first-order valence-electron chi connectivity index (χ1n) is 7.26. The van der Waals surface area contributed by atoms with E-state index >= 15 is 0 Å². The van der Waals surface area contributed by atoms with Crippen LogP contribution in [0.15, 0.2) is 0 Å². The summed E-state index contributed by atoms with van der Waals surface area (Å²) in [6, 6.07) is 0. The summed E-state index contributed by atoms with van der Waals surface area (Å²) in [5.41, 5.74) is 5.30. The summed E-state index contributed by atoms with van der Waals surface area (Å²) >= 11 is 0. The van der Waals surface area contributed by atoms with E-state index in [0.29, 0.717) is 6.42 Å². The van der Waals surface area contributed by atoms with E-state index in [1.807, 2.05) is 0 Å². The minimum absolute atomic E-state index is 0.308. The molecular weight excluding hydrogens is 228 g/mol. The van der Waals surface area contributed by atoms with Gasteiger partial charge in [-0.1, -0.05) is 40.0 Å². The zero-order chi connectivity index (χ0) is 14.2. The molecule has 0 aliphatic carbocycles. The van der Waals surface area contributed by atoms with Crippen molar-refractivity contribution in [3.63, 3.8) is 0 Å². The monoisotopic (exact) mass is 260 g/mol. The first-order chi connectivity index (χ1) is 8.62. The summed E-state index contributed by atoms with van der Waals surface area (Å²) < 4.78 is 0. The molecule has 0 radical (unpaired) electrons. The molecule has 3 N–H and O–H groups in total. The molecule has 0 fully saturated rings. The van der Waals surface area contributed by atoms with Gasteiger partial charge in [-0.25, -0.2) is 0 Å². The predicted molar refractivity (Wildman–Crippen MR) is 77.9 cm³/mol. The number of carbonyl (C=O) groups is 1. The van der Waals surface area contributed by atoms with Crippen LogP contribution >= 0.6 is 0 Å². The smallest absolute Gasteiger partial charge is 0.303 e. The van der Waals surface area contributed by atoms with Gasteiger partial charge >= 0.3 is 5.97 Å². The number of carboxylic acids is 1. The average Bonchev–Trinajstić information content (AvgIpc) is 2.36. The molecule has 0 rings (SSSR count). The molecule has 0 aliphatic rings. The van der Waals surface area contributed by atoms with E-state index in [0.717, 1.165) is 38.6 Å². The summed E-state index contributed by atoms with van der Waals surface area (Å²) in [7, 11) is 0. The maximum absolute atomic E-state index is 10.1. The molecule has 0 aromatic carbocycles. The van der Waals surface area contributed by atoms with Gasteiger partial charge in [0, 0.05) is 6.42 Å². The van der Waals surface area contributed by atoms with Crippen LogP contribution in [0.25, 0.3) is 0 Å². The highest BCUT2D eigenvalue weighted by Gasteiger charge is 1.95. The largest absolute Gasteiger partial charge is 0.481 e. The van der Waals surface area contributed by atoms with Crippen molar-refractivity contribution in [2.75, 3.05) is 26.2 Å². The molecule has 0 spiro atoms. The molecule has 0 unspecified atom stereocenters. The summed E-state index contributed by atoms with van der Waals surface area (Å²) in [6.45, 7) is 10.9. The second-order valence-electron chi connectivity index (χ2n) is 4.32. The van der Waals surface area contributed by atoms with Gasteiger partial charge in [-0.05, 0) is 39.0 Å². The third-order valence-electron chi connectivity index (χ3n) is 2.94. The highest BCUT2D eigenvalue weighted by atomic mass is 16.4. The molecule has 0 atom stereocenters. The third-order valence-corrected chi connectivity index (χ3v) is 2.94. The van der Waals surface area contributed by atoms with Crippen molar-refractivity contribution >= 4 is 5.97 Å². The Kier molecular flexibility index (Phi) is 18.0. The van der Waals surface area contributed by atoms with Gasteiger partial charge in [-0.15, -0.1) is 0 Å². The molecule has 0 aliphatic heterocycles. The van der Waals surface area contributed by atoms with Crippen molar-refractivity contribution in [3.05, 3.63) is 0 Å². The number of nitrogens with zero attached hydrogens (tertiary/aromatic N) is 1. The molecule has 18 heavy (non-hydrogen) atoms. The molecular formula is C14H32N2O2. The van der Waals surface area contributed by atoms with E-state index in [4.69, 9.17) is 10.8 Å². The molecule has 4 heteroatoms. The zero-order valence-corrected chi connectivity index (χ0v) is 12.5. The number of rotatable bonds is 10. The first kappa shape index (κ1) is 19.7. The standard InChI is InChI=1S/C8H17NO2.C6H15N/c9-7-5-3-1-2-4-6-8(10)11;1-4-7(5-2)6-3/h1-7,9H2,(H,10,11);4-6H2,1-3H3. The molecule has 0 saturated heterocycles. The Balaban J connectivity index is 0. The Morgan fingerprint density at radius 3 is 1.72 bits per heavy atom. The molecule has 0 bridgehead atoms. The van der Waals surface area contributed by atoms with Crippen LogP contribution in [0.5, 0.6) is 0 Å². The van der Waals surface area contributed by atoms with Crippen molar-refractivity contribution in [1.82, 2.24) is 4.90 Å². The fraction of sp³-hybridized carbons (Fsp3) is 0.929. The summed E-state index contributed by atoms with van der Waals surface area (Å²) in [5.74, 6) is -0.691. The molecule has 0 aromatic heterocycles. The van der Waals surface area contributed by atoms with Gasteiger partial charge in [-0.2, -0.15) is 0 Å². The van der Waals surface area contributed by atoms with E-state index in [1.54, 1.807) is 0 Å². The van der Waals surface area contributed by atoms with Gasteiger partial charge in [0.15, 0.2) is 0 Å². The Labute approximate surface area is 113 Å². The third kappa shape index (κ3) is 17.8. The fourth-order valence-corrected chi connectivity index (χ4v) is 1.62. The van der Waals surface area contributed by atoms with Crippen LogP contribution in [-0.4, -0.2) is 42.2 Å². The lowest BCUT2D eigenvalue weighted by atomic mass is 10.1. The lowest BCUT2D eigenvalue weighted by Gasteiger charge is -2.13. The van der Waals surface area contributed by atoms with E-state index in [1.165, 1.54) is 19.6 Å². The predicted octanol–water partition coefficient (Wildman–Crippen LogP) is 2.72. The van der Waals surface area contributed by atoms with Gasteiger partial charge < -0.3 is 15.7 Å². The van der Waals surface area contributed by atoms with Crippen LogP contribution in [0.1, 0.15) is 59.3 Å². The second kappa shape index (κ2) is 16.4. The van der Waals surface area contributed by atoms with Crippen LogP contribution in [0.2, 0.25) is 0 Å². The lowest BCUT2D eigenvalue weighted by Crippen LogP contribution is -2.21. The van der Waals surface area contributed by atoms with Gasteiger partial charge in [0.05, 0.1) is 0 Å². The minimum Gasteiger partial charge on any atom is -0.481 e. The number of hydrogen-bond acceptors (Lipinski definition) is 3. The summed E-state index contributed by atoms with van der Waals surface area (Å²) in [6.07, 6.45) is 5.45. The molecule has 0 heterocycles. The quantitative estimate of drug-likeness (QED) is 0.593. The van der Waals surface area contributed by atoms with Gasteiger partial charge in [0.25, 0.3) is 0 Å². The molecule has 0 aromatic rings. The topological polar surface area (TPSA) is 66.6 Å². The van der Waals surface area contributed by atoms with Crippen LogP contribution in [0, 0.1) is 0 Å². The molecule has 0 amide bonds. The zero-order valence-electron chi connectivity index (χ0n) is 12.5. The van der Waals surface area contributed by atoms with Crippen LogP contribution < -0.4 is 5.73 Å². The Morgan fingerprint density at radius 2 is 1.39 bits per heavy atom. The van der Waals surface area contributed by atoms with Crippen molar-refractivity contribution in [2.45, 2.75) is 59.3 Å². The molecule has 4 nitrogen and oxygen atoms in total. The minimum atomic E-state index is -0.691. The number of unbranched alkanes of at least 4 members (excludes halogenated alkanes) is 4. The molecule has 0 saturated carbocycles. The Morgan fingerprint density at radius 1 is 0.944 bits per heavy atom. The lowest BCUT2D eigenvalue weighted by molar-refractivity contribution is -0.137. The Bertz CT molecular complexity index is 166. The van der Waals surface area contributed by atoms with Crippen LogP contribution in [-0.2, 0) is 4.79 Å². The number of carboxylic acid groups (broad SMARTS) is 1. The average molecular weight is 260 g/mol. The second-order valence-corrected chi connectivity index (χ2v) is 4.32. The van der Waals surface area contributed by atoms with Crippen molar-refractivity contribution in [1.29, 1.82) is 0 Å². The number of hydrogen-bond donors (Lipinski definition) is 2. The van der Waals surface area contributed by atoms with E-state index in [2.05, 4.69) is 25.7 Å². The van der Waals surface area contributed by atoms with E-state index in [9.17, 15) is 4.79 Å². The summed E-state index contributed by atoms with van der Waals surface area (Å²) in [5, 5.41) is 8.30. The maximum atomic E-state index is 10.1. The normalized spacial score (nSPS) is 10.1. The number of nitrogens with two attached hydrogens (primary N) is 1. The van der Waals surface area contributed by atoms with Crippen molar-refractivity contribution < 1.29 is 9.90 Å². The van der Waals surface area contributed by atoms with Gasteiger partial charge in [-0.3, -0.25) is 4.79 Å². The van der Waals surface area contributed by atoms with Crippen molar-refractivity contribution in [2.24, 2.45) is 5.73 Å². The maximum Gasteiger partial charge on any atom is 0.303 e. The van der Waals surface area contributed by atoms with Crippen LogP contribution in [0.4, 0.5) is 0 Å².